The largest absolute Gasteiger partial charge is 0.310 e. The van der Waals surface area contributed by atoms with Crippen LogP contribution in [0.5, 0.6) is 0 Å². The van der Waals surface area contributed by atoms with E-state index in [-0.39, 0.29) is 0 Å². The van der Waals surface area contributed by atoms with Gasteiger partial charge in [-0.2, -0.15) is 0 Å². The first-order valence-electron chi connectivity index (χ1n) is 19.0. The average Bonchev–Trinajstić information content (AvgIpc) is 3.62. The third-order valence-corrected chi connectivity index (χ3v) is 11.2. The Morgan fingerprint density at radius 2 is 0.857 bits per heavy atom. The van der Waals surface area contributed by atoms with Gasteiger partial charge in [0.05, 0.1) is 11.0 Å². The average molecular weight is 715 g/mol. The summed E-state index contributed by atoms with van der Waals surface area (Å²) in [4.78, 5) is 10.8. The zero-order chi connectivity index (χ0) is 37.0. The third-order valence-electron chi connectivity index (χ3n) is 11.2. The lowest BCUT2D eigenvalue weighted by molar-refractivity contribution is 1.19. The normalized spacial score (nSPS) is 11.6. The number of pyridine rings is 2. The highest BCUT2D eigenvalue weighted by Crippen LogP contribution is 2.46. The van der Waals surface area contributed by atoms with Crippen molar-refractivity contribution in [1.82, 2.24) is 14.5 Å². The fraction of sp³-hybridized carbons (Fsp3) is 0. The number of para-hydroxylation sites is 1. The molecule has 0 aliphatic heterocycles. The van der Waals surface area contributed by atoms with Crippen LogP contribution < -0.4 is 4.90 Å². The van der Waals surface area contributed by atoms with Gasteiger partial charge in [0, 0.05) is 63.7 Å². The summed E-state index contributed by atoms with van der Waals surface area (Å²) in [6.45, 7) is 0. The molecule has 0 bridgehead atoms. The molecule has 0 aliphatic rings. The number of nitrogens with zero attached hydrogens (tertiary/aromatic N) is 4. The van der Waals surface area contributed by atoms with Crippen LogP contribution in [0.3, 0.4) is 0 Å². The summed E-state index contributed by atoms with van der Waals surface area (Å²) >= 11 is 0. The quantitative estimate of drug-likeness (QED) is 0.161. The Morgan fingerprint density at radius 1 is 0.357 bits per heavy atom. The maximum Gasteiger partial charge on any atom is 0.0632 e. The maximum atomic E-state index is 4.23. The molecule has 0 atom stereocenters. The van der Waals surface area contributed by atoms with Crippen molar-refractivity contribution in [1.29, 1.82) is 0 Å². The van der Waals surface area contributed by atoms with Crippen LogP contribution >= 0.6 is 0 Å². The van der Waals surface area contributed by atoms with Crippen LogP contribution in [-0.2, 0) is 0 Å². The summed E-state index contributed by atoms with van der Waals surface area (Å²) in [6, 6.07) is 66.0. The number of rotatable bonds is 6. The van der Waals surface area contributed by atoms with Gasteiger partial charge in [0.15, 0.2) is 0 Å². The smallest absolute Gasteiger partial charge is 0.0632 e. The minimum atomic E-state index is 1.08. The molecule has 8 aromatic carbocycles. The minimum absolute atomic E-state index is 1.08. The van der Waals surface area contributed by atoms with E-state index in [4.69, 9.17) is 0 Å². The number of anilines is 3. The van der Waals surface area contributed by atoms with Gasteiger partial charge < -0.3 is 9.47 Å². The van der Waals surface area contributed by atoms with Crippen molar-refractivity contribution in [2.75, 3.05) is 4.90 Å². The lowest BCUT2D eigenvalue weighted by atomic mass is 9.93. The Labute approximate surface area is 324 Å². The molecule has 4 nitrogen and oxygen atoms in total. The van der Waals surface area contributed by atoms with E-state index in [1.54, 1.807) is 0 Å². The molecule has 3 heterocycles. The summed E-state index contributed by atoms with van der Waals surface area (Å²) in [5.74, 6) is 0. The molecule has 0 unspecified atom stereocenters. The molecule has 0 fully saturated rings. The topological polar surface area (TPSA) is 34.0 Å². The molecular weight excluding hydrogens is 681 g/mol. The highest BCUT2D eigenvalue weighted by molar-refractivity contribution is 6.36. The third kappa shape index (κ3) is 5.15. The predicted octanol–water partition coefficient (Wildman–Crippen LogP) is 13.8. The van der Waals surface area contributed by atoms with E-state index in [1.807, 2.05) is 24.8 Å². The fourth-order valence-electron chi connectivity index (χ4n) is 8.60. The molecule has 0 aliphatic carbocycles. The van der Waals surface area contributed by atoms with Crippen molar-refractivity contribution < 1.29 is 0 Å². The molecule has 0 spiro atoms. The molecule has 11 aromatic rings. The SMILES string of the molecule is c1ccc(-n2c3ccc(N(c4ccc(-c5ccncc5)cc4)c4ccc(-c5ccncc5)cc4)cc3c3c4ccccc4c4ccc5ccccc5c4c32)cc1. The van der Waals surface area contributed by atoms with Crippen LogP contribution in [0.2, 0.25) is 0 Å². The van der Waals surface area contributed by atoms with E-state index in [0.717, 1.165) is 45.0 Å². The van der Waals surface area contributed by atoms with Gasteiger partial charge in [-0.25, -0.2) is 0 Å². The van der Waals surface area contributed by atoms with Crippen LogP contribution in [0.25, 0.3) is 82.1 Å². The molecule has 262 valence electrons. The summed E-state index contributed by atoms with van der Waals surface area (Å²) in [5, 5.41) is 9.99. The minimum Gasteiger partial charge on any atom is -0.310 e. The highest BCUT2D eigenvalue weighted by atomic mass is 15.1. The molecule has 0 radical (unpaired) electrons. The van der Waals surface area contributed by atoms with Gasteiger partial charge >= 0.3 is 0 Å². The molecule has 56 heavy (non-hydrogen) atoms. The Morgan fingerprint density at radius 3 is 1.50 bits per heavy atom. The summed E-state index contributed by atoms with van der Waals surface area (Å²) in [6.07, 6.45) is 7.38. The summed E-state index contributed by atoms with van der Waals surface area (Å²) in [5.41, 5.74) is 11.3. The lowest BCUT2D eigenvalue weighted by Crippen LogP contribution is -2.10. The molecule has 4 heteroatoms. The maximum absolute atomic E-state index is 4.23. The molecule has 0 saturated carbocycles. The molecule has 0 saturated heterocycles. The van der Waals surface area contributed by atoms with Gasteiger partial charge in [0.1, 0.15) is 0 Å². The number of benzene rings is 8. The van der Waals surface area contributed by atoms with Crippen molar-refractivity contribution in [3.63, 3.8) is 0 Å². The van der Waals surface area contributed by atoms with E-state index in [2.05, 4.69) is 201 Å². The fourth-order valence-corrected chi connectivity index (χ4v) is 8.60. The van der Waals surface area contributed by atoms with Crippen molar-refractivity contribution >= 4 is 71.2 Å². The molecule has 11 rings (SSSR count). The van der Waals surface area contributed by atoms with E-state index in [1.165, 1.54) is 54.1 Å². The van der Waals surface area contributed by atoms with Crippen LogP contribution in [0, 0.1) is 0 Å². The van der Waals surface area contributed by atoms with Crippen LogP contribution in [-0.4, -0.2) is 14.5 Å². The van der Waals surface area contributed by atoms with Crippen molar-refractivity contribution in [2.24, 2.45) is 0 Å². The molecule has 0 N–H and O–H groups in total. The van der Waals surface area contributed by atoms with Crippen molar-refractivity contribution in [2.45, 2.75) is 0 Å². The van der Waals surface area contributed by atoms with Crippen molar-refractivity contribution in [3.8, 4) is 27.9 Å². The van der Waals surface area contributed by atoms with E-state index in [0.29, 0.717) is 0 Å². The molecule has 3 aromatic heterocycles. The van der Waals surface area contributed by atoms with Gasteiger partial charge in [0.2, 0.25) is 0 Å². The number of hydrogen-bond donors (Lipinski definition) is 0. The van der Waals surface area contributed by atoms with E-state index < -0.39 is 0 Å². The van der Waals surface area contributed by atoms with E-state index >= 15 is 0 Å². The first kappa shape index (κ1) is 31.9. The first-order valence-corrected chi connectivity index (χ1v) is 19.0. The zero-order valence-electron chi connectivity index (χ0n) is 30.4. The Hall–Kier alpha value is -7.56. The van der Waals surface area contributed by atoms with Crippen LogP contribution in [0.4, 0.5) is 17.1 Å². The number of fused-ring (bicyclic) bond motifs is 10. The highest BCUT2D eigenvalue weighted by Gasteiger charge is 2.22. The van der Waals surface area contributed by atoms with Gasteiger partial charge in [-0.1, -0.05) is 103 Å². The zero-order valence-corrected chi connectivity index (χ0v) is 30.4. The van der Waals surface area contributed by atoms with Gasteiger partial charge in [0.25, 0.3) is 0 Å². The van der Waals surface area contributed by atoms with E-state index in [9.17, 15) is 0 Å². The molecular formula is C52H34N4. The van der Waals surface area contributed by atoms with Crippen LogP contribution in [0.15, 0.2) is 207 Å². The first-order chi connectivity index (χ1) is 27.8. The summed E-state index contributed by atoms with van der Waals surface area (Å²) < 4.78 is 2.48. The number of aromatic nitrogens is 3. The second-order valence-electron chi connectivity index (χ2n) is 14.3. The lowest BCUT2D eigenvalue weighted by Gasteiger charge is -2.26. The standard InChI is InChI=1S/C52H34N4/c1-2-9-40(10-3-1)56-49-25-23-43(34-48(49)51-46-13-7-6-12-45(46)47-24-18-39-8-4-5-11-44(39)50(47)52(51)56)55(41-19-14-35(15-20-41)37-26-30-53-31-27-37)42-21-16-36(17-22-42)38-28-32-54-33-29-38/h1-34H. The Balaban J connectivity index is 1.21. The van der Waals surface area contributed by atoms with Crippen molar-refractivity contribution in [3.05, 3.63) is 207 Å². The second-order valence-corrected chi connectivity index (χ2v) is 14.3. The number of hydrogen-bond acceptors (Lipinski definition) is 3. The second kappa shape index (κ2) is 13.1. The Bertz CT molecular complexity index is 3130. The Kier molecular flexibility index (Phi) is 7.46. The van der Waals surface area contributed by atoms with Gasteiger partial charge in [-0.05, 0) is 128 Å². The summed E-state index contributed by atoms with van der Waals surface area (Å²) in [7, 11) is 0. The van der Waals surface area contributed by atoms with Gasteiger partial charge in [-0.15, -0.1) is 0 Å². The molecule has 0 amide bonds. The van der Waals surface area contributed by atoms with Crippen LogP contribution in [0.1, 0.15) is 0 Å². The monoisotopic (exact) mass is 714 g/mol. The predicted molar refractivity (Wildman–Crippen MR) is 234 cm³/mol. The van der Waals surface area contributed by atoms with Gasteiger partial charge in [-0.3, -0.25) is 9.97 Å².